The summed E-state index contributed by atoms with van der Waals surface area (Å²) in [5, 5.41) is 12.6. The standard InChI is InChI=1S/C15H15ClN2OS/c1-3-7-20-15(19)14(9-17)11(2)18-10-12-5-4-6-13(16)8-12/h3-6,8,18H,1,7,10H2,2H3/b14-11+. The van der Waals surface area contributed by atoms with Gasteiger partial charge in [0.15, 0.2) is 0 Å². The molecule has 1 aromatic rings. The highest BCUT2D eigenvalue weighted by Crippen LogP contribution is 2.14. The number of carbonyl (C=O) groups is 1. The number of carbonyl (C=O) groups excluding carboxylic acids is 1. The zero-order valence-electron chi connectivity index (χ0n) is 11.1. The van der Waals surface area contributed by atoms with Gasteiger partial charge in [-0.3, -0.25) is 4.79 Å². The van der Waals surface area contributed by atoms with Crippen molar-refractivity contribution < 1.29 is 4.79 Å². The Morgan fingerprint density at radius 2 is 2.35 bits per heavy atom. The Morgan fingerprint density at radius 3 is 2.95 bits per heavy atom. The van der Waals surface area contributed by atoms with Crippen LogP contribution in [0.15, 0.2) is 48.2 Å². The fourth-order valence-electron chi connectivity index (χ4n) is 1.46. The van der Waals surface area contributed by atoms with Crippen LogP contribution in [0.2, 0.25) is 5.02 Å². The largest absolute Gasteiger partial charge is 0.383 e. The summed E-state index contributed by atoms with van der Waals surface area (Å²) in [6.45, 7) is 5.78. The van der Waals surface area contributed by atoms with Gasteiger partial charge in [-0.2, -0.15) is 5.26 Å². The number of rotatable bonds is 6. The molecular weight excluding hydrogens is 292 g/mol. The SMILES string of the molecule is C=CCSC(=O)/C(C#N)=C(\C)NCc1cccc(Cl)c1. The molecule has 0 radical (unpaired) electrons. The molecule has 0 aromatic heterocycles. The smallest absolute Gasteiger partial charge is 0.231 e. The van der Waals surface area contributed by atoms with E-state index in [2.05, 4.69) is 11.9 Å². The van der Waals surface area contributed by atoms with Crippen LogP contribution in [-0.2, 0) is 11.3 Å². The molecule has 0 amide bonds. The number of nitriles is 1. The Balaban J connectivity index is 2.73. The van der Waals surface area contributed by atoms with E-state index < -0.39 is 0 Å². The molecule has 1 aromatic carbocycles. The Labute approximate surface area is 128 Å². The molecule has 0 bridgehead atoms. The number of halogens is 1. The minimum absolute atomic E-state index is 0.138. The summed E-state index contributed by atoms with van der Waals surface area (Å²) >= 11 is 6.96. The van der Waals surface area contributed by atoms with Crippen molar-refractivity contribution in [2.24, 2.45) is 0 Å². The van der Waals surface area contributed by atoms with Crippen molar-refractivity contribution in [1.82, 2.24) is 5.32 Å². The molecule has 104 valence electrons. The second-order valence-electron chi connectivity index (χ2n) is 3.98. The molecule has 0 saturated carbocycles. The fourth-order valence-corrected chi connectivity index (χ4v) is 2.28. The first-order chi connectivity index (χ1) is 9.58. The quantitative estimate of drug-likeness (QED) is 0.495. The van der Waals surface area contributed by atoms with Crippen LogP contribution in [0.1, 0.15) is 12.5 Å². The van der Waals surface area contributed by atoms with E-state index in [4.69, 9.17) is 16.9 Å². The van der Waals surface area contributed by atoms with Crippen LogP contribution >= 0.6 is 23.4 Å². The van der Waals surface area contributed by atoms with Gasteiger partial charge >= 0.3 is 0 Å². The van der Waals surface area contributed by atoms with Crippen LogP contribution in [-0.4, -0.2) is 10.9 Å². The predicted molar refractivity (Wildman–Crippen MR) is 84.3 cm³/mol. The van der Waals surface area contributed by atoms with E-state index in [-0.39, 0.29) is 10.7 Å². The van der Waals surface area contributed by atoms with Crippen LogP contribution in [0.25, 0.3) is 0 Å². The molecule has 1 rings (SSSR count). The molecule has 5 heteroatoms. The first kappa shape index (κ1) is 16.4. The minimum atomic E-state index is -0.247. The monoisotopic (exact) mass is 306 g/mol. The van der Waals surface area contributed by atoms with Crippen molar-refractivity contribution in [2.45, 2.75) is 13.5 Å². The fraction of sp³-hybridized carbons (Fsp3) is 0.200. The maximum absolute atomic E-state index is 11.8. The molecular formula is C15H15ClN2OS. The Bertz CT molecular complexity index is 575. The van der Waals surface area contributed by atoms with Gasteiger partial charge in [-0.1, -0.05) is 41.6 Å². The number of benzene rings is 1. The summed E-state index contributed by atoms with van der Waals surface area (Å²) in [5.41, 5.74) is 1.69. The number of nitrogens with one attached hydrogen (secondary N) is 1. The lowest BCUT2D eigenvalue weighted by atomic mass is 10.2. The maximum Gasteiger partial charge on any atom is 0.231 e. The topological polar surface area (TPSA) is 52.9 Å². The first-order valence-electron chi connectivity index (χ1n) is 5.95. The average molecular weight is 307 g/mol. The second kappa shape index (κ2) is 8.47. The summed E-state index contributed by atoms with van der Waals surface area (Å²) in [5.74, 6) is 0.492. The van der Waals surface area contributed by atoms with Gasteiger partial charge in [0.1, 0.15) is 11.6 Å². The highest BCUT2D eigenvalue weighted by atomic mass is 35.5. The van der Waals surface area contributed by atoms with Gasteiger partial charge in [-0.05, 0) is 24.6 Å². The Morgan fingerprint density at radius 1 is 1.60 bits per heavy atom. The predicted octanol–water partition coefficient (Wildman–Crippen LogP) is 3.67. The number of thioether (sulfide) groups is 1. The molecule has 0 spiro atoms. The van der Waals surface area contributed by atoms with E-state index in [0.29, 0.717) is 23.0 Å². The molecule has 0 aliphatic carbocycles. The average Bonchev–Trinajstić information content (AvgIpc) is 2.43. The lowest BCUT2D eigenvalue weighted by Gasteiger charge is -2.09. The lowest BCUT2D eigenvalue weighted by Crippen LogP contribution is -2.15. The number of hydrogen-bond acceptors (Lipinski definition) is 4. The van der Waals surface area contributed by atoms with E-state index in [0.717, 1.165) is 17.3 Å². The molecule has 0 unspecified atom stereocenters. The van der Waals surface area contributed by atoms with Gasteiger partial charge in [0, 0.05) is 23.0 Å². The summed E-state index contributed by atoms with van der Waals surface area (Å²) in [7, 11) is 0. The van der Waals surface area contributed by atoms with Crippen molar-refractivity contribution in [1.29, 1.82) is 5.26 Å². The summed E-state index contributed by atoms with van der Waals surface area (Å²) < 4.78 is 0. The van der Waals surface area contributed by atoms with Crippen molar-refractivity contribution in [3.8, 4) is 6.07 Å². The van der Waals surface area contributed by atoms with Crippen LogP contribution in [0.3, 0.4) is 0 Å². The van der Waals surface area contributed by atoms with E-state index in [1.807, 2.05) is 24.3 Å². The number of nitrogens with zero attached hydrogens (tertiary/aromatic N) is 1. The van der Waals surface area contributed by atoms with Crippen molar-refractivity contribution >= 4 is 28.5 Å². The van der Waals surface area contributed by atoms with Crippen molar-refractivity contribution in [2.75, 3.05) is 5.75 Å². The van der Waals surface area contributed by atoms with E-state index in [9.17, 15) is 4.79 Å². The molecule has 3 nitrogen and oxygen atoms in total. The van der Waals surface area contributed by atoms with Crippen LogP contribution in [0.5, 0.6) is 0 Å². The zero-order chi connectivity index (χ0) is 15.0. The van der Waals surface area contributed by atoms with Gasteiger partial charge in [0.05, 0.1) is 0 Å². The third kappa shape index (κ3) is 5.12. The third-order valence-electron chi connectivity index (χ3n) is 2.47. The molecule has 0 aliphatic rings. The van der Waals surface area contributed by atoms with Gasteiger partial charge < -0.3 is 5.32 Å². The normalized spacial score (nSPS) is 11.2. The summed E-state index contributed by atoms with van der Waals surface area (Å²) in [6.07, 6.45) is 1.63. The Hall–Kier alpha value is -1.70. The lowest BCUT2D eigenvalue weighted by molar-refractivity contribution is -0.107. The van der Waals surface area contributed by atoms with E-state index in [1.165, 1.54) is 0 Å². The minimum Gasteiger partial charge on any atom is -0.383 e. The van der Waals surface area contributed by atoms with Crippen LogP contribution < -0.4 is 5.32 Å². The van der Waals surface area contributed by atoms with E-state index in [1.54, 1.807) is 19.1 Å². The maximum atomic E-state index is 11.8. The van der Waals surface area contributed by atoms with Gasteiger partial charge in [0.2, 0.25) is 5.12 Å². The number of allylic oxidation sites excluding steroid dienone is 1. The first-order valence-corrected chi connectivity index (χ1v) is 7.32. The molecule has 0 saturated heterocycles. The Kier molecular flexibility index (Phi) is 6.92. The summed E-state index contributed by atoms with van der Waals surface area (Å²) in [4.78, 5) is 11.8. The highest BCUT2D eigenvalue weighted by Gasteiger charge is 2.12. The molecule has 0 aliphatic heterocycles. The van der Waals surface area contributed by atoms with Gasteiger partial charge in [-0.15, -0.1) is 6.58 Å². The van der Waals surface area contributed by atoms with Crippen LogP contribution in [0.4, 0.5) is 0 Å². The summed E-state index contributed by atoms with van der Waals surface area (Å²) in [6, 6.07) is 9.35. The van der Waals surface area contributed by atoms with E-state index >= 15 is 0 Å². The molecule has 0 fully saturated rings. The van der Waals surface area contributed by atoms with Crippen LogP contribution in [0, 0.1) is 11.3 Å². The highest BCUT2D eigenvalue weighted by molar-refractivity contribution is 8.14. The molecule has 20 heavy (non-hydrogen) atoms. The van der Waals surface area contributed by atoms with Gasteiger partial charge in [-0.25, -0.2) is 0 Å². The van der Waals surface area contributed by atoms with Gasteiger partial charge in [0.25, 0.3) is 0 Å². The zero-order valence-corrected chi connectivity index (χ0v) is 12.7. The third-order valence-corrected chi connectivity index (χ3v) is 3.57. The number of hydrogen-bond donors (Lipinski definition) is 1. The molecule has 0 atom stereocenters. The molecule has 0 heterocycles. The van der Waals surface area contributed by atoms with Crippen molar-refractivity contribution in [3.05, 3.63) is 58.8 Å². The molecule has 1 N–H and O–H groups in total. The van der Waals surface area contributed by atoms with Crippen molar-refractivity contribution in [3.63, 3.8) is 0 Å². The second-order valence-corrected chi connectivity index (χ2v) is 5.41.